The first-order valence-electron chi connectivity index (χ1n) is 5.11. The molecule has 0 heterocycles. The Morgan fingerprint density at radius 2 is 1.76 bits per heavy atom. The molecule has 0 aliphatic carbocycles. The van der Waals surface area contributed by atoms with Gasteiger partial charge < -0.3 is 5.73 Å². The van der Waals surface area contributed by atoms with Crippen molar-refractivity contribution in [3.05, 3.63) is 35.4 Å². The first-order chi connectivity index (χ1) is 7.73. The largest absolute Gasteiger partial charge is 0.326 e. The number of rotatable bonds is 4. The molecule has 0 saturated heterocycles. The van der Waals surface area contributed by atoms with E-state index in [1.54, 1.807) is 0 Å². The summed E-state index contributed by atoms with van der Waals surface area (Å²) in [5.74, 6) is -1.41. The fourth-order valence-corrected chi connectivity index (χ4v) is 2.18. The van der Waals surface area contributed by atoms with Crippen LogP contribution >= 0.6 is 0 Å². The second kappa shape index (κ2) is 5.10. The van der Waals surface area contributed by atoms with Crippen LogP contribution in [0.3, 0.4) is 0 Å². The van der Waals surface area contributed by atoms with Crippen molar-refractivity contribution in [3.63, 3.8) is 0 Å². The van der Waals surface area contributed by atoms with Crippen molar-refractivity contribution in [2.24, 2.45) is 5.73 Å². The first-order valence-corrected chi connectivity index (χ1v) is 7.06. The molecular weight excluding hydrogens is 248 g/mol. The number of hydrogen-bond donors (Lipinski definition) is 1. The van der Waals surface area contributed by atoms with Crippen molar-refractivity contribution < 1.29 is 17.2 Å². The molecule has 0 aliphatic heterocycles. The summed E-state index contributed by atoms with van der Waals surface area (Å²) in [6.45, 7) is 1.43. The van der Waals surface area contributed by atoms with Gasteiger partial charge in [-0.3, -0.25) is 0 Å². The van der Waals surface area contributed by atoms with Crippen LogP contribution in [0, 0.1) is 11.6 Å². The summed E-state index contributed by atoms with van der Waals surface area (Å²) < 4.78 is 49.2. The minimum atomic E-state index is -3.32. The number of hydrogen-bond acceptors (Lipinski definition) is 3. The van der Waals surface area contributed by atoms with Crippen molar-refractivity contribution >= 4 is 9.84 Å². The highest BCUT2D eigenvalue weighted by molar-refractivity contribution is 7.91. The molecule has 0 aromatic heterocycles. The number of nitrogens with two attached hydrogens (primary N) is 1. The van der Waals surface area contributed by atoms with Crippen molar-refractivity contribution in [1.29, 1.82) is 0 Å². The molecule has 17 heavy (non-hydrogen) atoms. The van der Waals surface area contributed by atoms with Crippen molar-refractivity contribution in [1.82, 2.24) is 0 Å². The van der Waals surface area contributed by atoms with Crippen LogP contribution in [0.25, 0.3) is 0 Å². The molecule has 1 aromatic carbocycles. The van der Waals surface area contributed by atoms with Crippen LogP contribution < -0.4 is 5.73 Å². The molecule has 0 fully saturated rings. The topological polar surface area (TPSA) is 60.2 Å². The van der Waals surface area contributed by atoms with Crippen LogP contribution in [0.1, 0.15) is 12.5 Å². The predicted molar refractivity (Wildman–Crippen MR) is 62.3 cm³/mol. The van der Waals surface area contributed by atoms with Gasteiger partial charge in [0.05, 0.1) is 5.25 Å². The highest BCUT2D eigenvalue weighted by Crippen LogP contribution is 2.16. The van der Waals surface area contributed by atoms with E-state index in [1.165, 1.54) is 13.0 Å². The molecule has 0 spiro atoms. The van der Waals surface area contributed by atoms with Crippen LogP contribution in [0.4, 0.5) is 8.78 Å². The average molecular weight is 263 g/mol. The van der Waals surface area contributed by atoms with Crippen LogP contribution in [-0.2, 0) is 16.3 Å². The maximum absolute atomic E-state index is 13.3. The van der Waals surface area contributed by atoms with Crippen LogP contribution in [0.5, 0.6) is 0 Å². The van der Waals surface area contributed by atoms with E-state index in [-0.39, 0.29) is 12.0 Å². The standard InChI is InChI=1S/C11H15F2NO2S/c1-7(17(2,15)16)11(14)6-8-9(12)4-3-5-10(8)13/h3-5,7,11H,6,14H2,1-2H3. The second-order valence-corrected chi connectivity index (χ2v) is 6.51. The minimum absolute atomic E-state index is 0.146. The summed E-state index contributed by atoms with van der Waals surface area (Å²) in [4.78, 5) is 0. The maximum Gasteiger partial charge on any atom is 0.151 e. The van der Waals surface area contributed by atoms with Gasteiger partial charge in [-0.2, -0.15) is 0 Å². The Morgan fingerprint density at radius 3 is 2.18 bits per heavy atom. The lowest BCUT2D eigenvalue weighted by atomic mass is 10.0. The van der Waals surface area contributed by atoms with Gasteiger partial charge in [-0.25, -0.2) is 17.2 Å². The molecule has 96 valence electrons. The normalized spacial score (nSPS) is 15.6. The van der Waals surface area contributed by atoms with E-state index in [9.17, 15) is 17.2 Å². The lowest BCUT2D eigenvalue weighted by Crippen LogP contribution is -2.39. The zero-order chi connectivity index (χ0) is 13.2. The van der Waals surface area contributed by atoms with Gasteiger partial charge >= 0.3 is 0 Å². The van der Waals surface area contributed by atoms with Crippen LogP contribution in [-0.4, -0.2) is 26.0 Å². The zero-order valence-corrected chi connectivity index (χ0v) is 10.5. The number of sulfone groups is 1. The summed E-state index contributed by atoms with van der Waals surface area (Å²) in [5.41, 5.74) is 5.49. The average Bonchev–Trinajstić information content (AvgIpc) is 2.21. The van der Waals surface area contributed by atoms with Gasteiger partial charge in [0.2, 0.25) is 0 Å². The minimum Gasteiger partial charge on any atom is -0.326 e. The van der Waals surface area contributed by atoms with Crippen LogP contribution in [0.2, 0.25) is 0 Å². The molecule has 1 aromatic rings. The summed E-state index contributed by atoms with van der Waals surface area (Å²) in [6.07, 6.45) is 0.905. The van der Waals surface area contributed by atoms with Gasteiger partial charge in [-0.15, -0.1) is 0 Å². The predicted octanol–water partition coefficient (Wildman–Crippen LogP) is 1.27. The molecule has 3 nitrogen and oxygen atoms in total. The number of halogens is 2. The quantitative estimate of drug-likeness (QED) is 0.890. The Morgan fingerprint density at radius 1 is 1.29 bits per heavy atom. The molecule has 0 saturated carbocycles. The monoisotopic (exact) mass is 263 g/mol. The van der Waals surface area contributed by atoms with E-state index >= 15 is 0 Å². The third-order valence-electron chi connectivity index (χ3n) is 2.78. The van der Waals surface area contributed by atoms with Gasteiger partial charge in [0, 0.05) is 17.9 Å². The smallest absolute Gasteiger partial charge is 0.151 e. The molecule has 2 atom stereocenters. The van der Waals surface area contributed by atoms with Gasteiger partial charge in [0.25, 0.3) is 0 Å². The second-order valence-electron chi connectivity index (χ2n) is 4.10. The SMILES string of the molecule is CC(C(N)Cc1c(F)cccc1F)S(C)(=O)=O. The third-order valence-corrected chi connectivity index (χ3v) is 4.48. The van der Waals surface area contributed by atoms with Gasteiger partial charge in [-0.1, -0.05) is 6.07 Å². The molecule has 0 aliphatic rings. The van der Waals surface area contributed by atoms with Gasteiger partial charge in [0.1, 0.15) is 11.6 Å². The van der Waals surface area contributed by atoms with Crippen molar-refractivity contribution in [2.45, 2.75) is 24.6 Å². The Hall–Kier alpha value is -1.01. The zero-order valence-electron chi connectivity index (χ0n) is 9.65. The fraction of sp³-hybridized carbons (Fsp3) is 0.455. The molecule has 0 amide bonds. The Bertz CT molecular complexity index is 482. The molecule has 1 rings (SSSR count). The highest BCUT2D eigenvalue weighted by atomic mass is 32.2. The van der Waals surface area contributed by atoms with E-state index in [2.05, 4.69) is 0 Å². The highest BCUT2D eigenvalue weighted by Gasteiger charge is 2.24. The summed E-state index contributed by atoms with van der Waals surface area (Å²) >= 11 is 0. The summed E-state index contributed by atoms with van der Waals surface area (Å²) in [5, 5.41) is -0.846. The molecule has 6 heteroatoms. The van der Waals surface area contributed by atoms with E-state index in [4.69, 9.17) is 5.73 Å². The van der Waals surface area contributed by atoms with Gasteiger partial charge in [0.15, 0.2) is 9.84 Å². The Balaban J connectivity index is 2.92. The first kappa shape index (κ1) is 14.1. The fourth-order valence-electron chi connectivity index (χ4n) is 1.45. The lowest BCUT2D eigenvalue weighted by molar-refractivity contribution is 0.521. The molecule has 0 radical (unpaired) electrons. The number of benzene rings is 1. The molecule has 2 unspecified atom stereocenters. The molecular formula is C11H15F2NO2S. The Labute approximate surface area is 99.6 Å². The summed E-state index contributed by atoms with van der Waals surface area (Å²) in [7, 11) is -3.32. The van der Waals surface area contributed by atoms with E-state index in [0.717, 1.165) is 18.4 Å². The lowest BCUT2D eigenvalue weighted by Gasteiger charge is -2.18. The maximum atomic E-state index is 13.3. The Kier molecular flexibility index (Phi) is 4.21. The van der Waals surface area contributed by atoms with E-state index in [0.29, 0.717) is 0 Å². The van der Waals surface area contributed by atoms with Crippen molar-refractivity contribution in [3.8, 4) is 0 Å². The molecule has 0 bridgehead atoms. The van der Waals surface area contributed by atoms with Crippen molar-refractivity contribution in [2.75, 3.05) is 6.26 Å². The van der Waals surface area contributed by atoms with E-state index < -0.39 is 32.8 Å². The van der Waals surface area contributed by atoms with E-state index in [1.807, 2.05) is 0 Å². The summed E-state index contributed by atoms with van der Waals surface area (Å²) in [6, 6.07) is 2.66. The van der Waals surface area contributed by atoms with Gasteiger partial charge in [-0.05, 0) is 25.5 Å². The molecule has 2 N–H and O–H groups in total. The third kappa shape index (κ3) is 3.47. The van der Waals surface area contributed by atoms with Crippen LogP contribution in [0.15, 0.2) is 18.2 Å².